The predicted molar refractivity (Wildman–Crippen MR) is 55.6 cm³/mol. The lowest BCUT2D eigenvalue weighted by molar-refractivity contribution is -0.385. The second-order valence-electron chi connectivity index (χ2n) is 3.70. The summed E-state index contributed by atoms with van der Waals surface area (Å²) in [6.07, 6.45) is 1.24. The van der Waals surface area contributed by atoms with Crippen molar-refractivity contribution in [3.63, 3.8) is 0 Å². The van der Waals surface area contributed by atoms with E-state index in [0.29, 0.717) is 13.1 Å². The van der Waals surface area contributed by atoms with E-state index < -0.39 is 4.92 Å². The zero-order chi connectivity index (χ0) is 11.5. The molecule has 1 aliphatic heterocycles. The van der Waals surface area contributed by atoms with Crippen molar-refractivity contribution in [1.29, 1.82) is 5.26 Å². The molecule has 6 heteroatoms. The van der Waals surface area contributed by atoms with Crippen molar-refractivity contribution in [1.82, 2.24) is 10.3 Å². The van der Waals surface area contributed by atoms with Crippen LogP contribution < -0.4 is 5.32 Å². The standard InChI is InChI=1S/C10H10N4O2/c11-3-7-4-12-6-9(7)10-2-1-8(5-13-10)14(15)16/h1-2,5,7,9,12H,4,6H2/t7-,9-/m0/s1. The second kappa shape index (κ2) is 4.24. The molecule has 6 nitrogen and oxygen atoms in total. The number of hydrogen-bond acceptors (Lipinski definition) is 5. The summed E-state index contributed by atoms with van der Waals surface area (Å²) in [6.45, 7) is 1.35. The molecule has 2 atom stereocenters. The summed E-state index contributed by atoms with van der Waals surface area (Å²) in [4.78, 5) is 14.0. The molecule has 1 aliphatic rings. The van der Waals surface area contributed by atoms with Crippen molar-refractivity contribution in [2.24, 2.45) is 5.92 Å². The number of nitrogens with one attached hydrogen (secondary N) is 1. The quantitative estimate of drug-likeness (QED) is 0.586. The van der Waals surface area contributed by atoms with Crippen LogP contribution in [-0.2, 0) is 0 Å². The number of nitro groups is 1. The normalized spacial score (nSPS) is 23.9. The fraction of sp³-hybridized carbons (Fsp3) is 0.400. The van der Waals surface area contributed by atoms with Crippen LogP contribution in [0.1, 0.15) is 11.6 Å². The van der Waals surface area contributed by atoms with Gasteiger partial charge in [0.25, 0.3) is 5.69 Å². The molecule has 0 aromatic carbocycles. The van der Waals surface area contributed by atoms with Crippen molar-refractivity contribution in [2.75, 3.05) is 13.1 Å². The maximum Gasteiger partial charge on any atom is 0.287 e. The summed E-state index contributed by atoms with van der Waals surface area (Å²) in [5, 5.41) is 22.5. The highest BCUT2D eigenvalue weighted by molar-refractivity contribution is 5.29. The van der Waals surface area contributed by atoms with Crippen molar-refractivity contribution in [2.45, 2.75) is 5.92 Å². The molecule has 1 saturated heterocycles. The first kappa shape index (κ1) is 10.5. The Balaban J connectivity index is 2.22. The molecule has 0 saturated carbocycles. The summed E-state index contributed by atoms with van der Waals surface area (Å²) < 4.78 is 0. The lowest BCUT2D eigenvalue weighted by Crippen LogP contribution is -2.10. The van der Waals surface area contributed by atoms with E-state index in [-0.39, 0.29) is 17.5 Å². The van der Waals surface area contributed by atoms with Crippen LogP contribution in [0.4, 0.5) is 5.69 Å². The Bertz CT molecular complexity index is 437. The van der Waals surface area contributed by atoms with Gasteiger partial charge in [0.2, 0.25) is 0 Å². The summed E-state index contributed by atoms with van der Waals surface area (Å²) in [6, 6.07) is 5.26. The van der Waals surface area contributed by atoms with E-state index in [1.165, 1.54) is 12.3 Å². The Kier molecular flexibility index (Phi) is 2.79. The van der Waals surface area contributed by atoms with Crippen LogP contribution >= 0.6 is 0 Å². The highest BCUT2D eigenvalue weighted by Gasteiger charge is 2.29. The third kappa shape index (κ3) is 1.85. The summed E-state index contributed by atoms with van der Waals surface area (Å²) in [7, 11) is 0. The lowest BCUT2D eigenvalue weighted by atomic mass is 9.94. The average Bonchev–Trinajstić information content (AvgIpc) is 2.77. The molecule has 82 valence electrons. The minimum absolute atomic E-state index is 0.0248. The zero-order valence-corrected chi connectivity index (χ0v) is 8.46. The topological polar surface area (TPSA) is 91.8 Å². The second-order valence-corrected chi connectivity index (χ2v) is 3.70. The minimum atomic E-state index is -0.481. The van der Waals surface area contributed by atoms with Gasteiger partial charge in [0.05, 0.1) is 16.9 Å². The monoisotopic (exact) mass is 218 g/mol. The Morgan fingerprint density at radius 2 is 2.38 bits per heavy atom. The van der Waals surface area contributed by atoms with E-state index >= 15 is 0 Å². The summed E-state index contributed by atoms with van der Waals surface area (Å²) in [5.74, 6) is -0.0697. The number of pyridine rings is 1. The van der Waals surface area contributed by atoms with Crippen molar-refractivity contribution >= 4 is 5.69 Å². The molecule has 2 heterocycles. The smallest absolute Gasteiger partial charge is 0.287 e. The highest BCUT2D eigenvalue weighted by atomic mass is 16.6. The maximum absolute atomic E-state index is 10.5. The Morgan fingerprint density at radius 3 is 2.94 bits per heavy atom. The van der Waals surface area contributed by atoms with E-state index in [9.17, 15) is 10.1 Å². The molecule has 0 amide bonds. The van der Waals surface area contributed by atoms with Crippen LogP contribution in [0.2, 0.25) is 0 Å². The van der Waals surface area contributed by atoms with Gasteiger partial charge in [0.1, 0.15) is 6.20 Å². The summed E-state index contributed by atoms with van der Waals surface area (Å²) in [5.41, 5.74) is 0.713. The van der Waals surface area contributed by atoms with Gasteiger partial charge >= 0.3 is 0 Å². The fourth-order valence-electron chi connectivity index (χ4n) is 1.85. The third-order valence-electron chi connectivity index (χ3n) is 2.74. The molecule has 1 fully saturated rings. The Morgan fingerprint density at radius 1 is 1.56 bits per heavy atom. The fourth-order valence-corrected chi connectivity index (χ4v) is 1.85. The van der Waals surface area contributed by atoms with Gasteiger partial charge < -0.3 is 5.32 Å². The molecular formula is C10H10N4O2. The molecule has 0 unspecified atom stereocenters. The lowest BCUT2D eigenvalue weighted by Gasteiger charge is -2.10. The number of aromatic nitrogens is 1. The van der Waals surface area contributed by atoms with Crippen LogP contribution in [0.5, 0.6) is 0 Å². The SMILES string of the molecule is N#C[C@H]1CNC[C@@H]1c1ccc([N+](=O)[O-])cn1. The van der Waals surface area contributed by atoms with Gasteiger partial charge in [-0.1, -0.05) is 0 Å². The maximum atomic E-state index is 10.5. The molecule has 1 aromatic rings. The van der Waals surface area contributed by atoms with E-state index in [4.69, 9.17) is 5.26 Å². The van der Waals surface area contributed by atoms with Gasteiger partial charge in [0, 0.05) is 30.8 Å². The number of nitrogens with zero attached hydrogens (tertiary/aromatic N) is 3. The number of nitriles is 1. The van der Waals surface area contributed by atoms with Crippen LogP contribution in [0.3, 0.4) is 0 Å². The van der Waals surface area contributed by atoms with E-state index in [1.807, 2.05) is 0 Å². The molecular weight excluding hydrogens is 208 g/mol. The number of hydrogen-bond donors (Lipinski definition) is 1. The van der Waals surface area contributed by atoms with Crippen LogP contribution in [0.25, 0.3) is 0 Å². The largest absolute Gasteiger partial charge is 0.315 e. The third-order valence-corrected chi connectivity index (χ3v) is 2.74. The van der Waals surface area contributed by atoms with Crippen molar-refractivity contribution in [3.05, 3.63) is 34.1 Å². The first-order chi connectivity index (χ1) is 7.72. The van der Waals surface area contributed by atoms with Crippen molar-refractivity contribution < 1.29 is 4.92 Å². The van der Waals surface area contributed by atoms with Gasteiger partial charge in [-0.15, -0.1) is 0 Å². The Hall–Kier alpha value is -2.00. The first-order valence-corrected chi connectivity index (χ1v) is 4.93. The van der Waals surface area contributed by atoms with Crippen LogP contribution in [0.15, 0.2) is 18.3 Å². The Labute approximate surface area is 92.1 Å². The molecule has 0 bridgehead atoms. The van der Waals surface area contributed by atoms with E-state index in [0.717, 1.165) is 5.69 Å². The number of rotatable bonds is 2. The van der Waals surface area contributed by atoms with Crippen LogP contribution in [-0.4, -0.2) is 23.0 Å². The molecule has 1 N–H and O–H groups in total. The highest BCUT2D eigenvalue weighted by Crippen LogP contribution is 2.26. The predicted octanol–water partition coefficient (Wildman–Crippen LogP) is 0.816. The van der Waals surface area contributed by atoms with Gasteiger partial charge in [-0.05, 0) is 6.07 Å². The zero-order valence-electron chi connectivity index (χ0n) is 8.46. The molecule has 0 aliphatic carbocycles. The molecule has 0 spiro atoms. The summed E-state index contributed by atoms with van der Waals surface area (Å²) >= 11 is 0. The molecule has 16 heavy (non-hydrogen) atoms. The average molecular weight is 218 g/mol. The van der Waals surface area contributed by atoms with E-state index in [2.05, 4.69) is 16.4 Å². The molecule has 2 rings (SSSR count). The van der Waals surface area contributed by atoms with Crippen LogP contribution in [0, 0.1) is 27.4 Å². The van der Waals surface area contributed by atoms with Gasteiger partial charge in [0.15, 0.2) is 0 Å². The van der Waals surface area contributed by atoms with Gasteiger partial charge in [-0.25, -0.2) is 0 Å². The molecule has 0 radical (unpaired) electrons. The van der Waals surface area contributed by atoms with Gasteiger partial charge in [-0.2, -0.15) is 5.26 Å². The van der Waals surface area contributed by atoms with Crippen molar-refractivity contribution in [3.8, 4) is 6.07 Å². The van der Waals surface area contributed by atoms with E-state index in [1.54, 1.807) is 6.07 Å². The first-order valence-electron chi connectivity index (χ1n) is 4.93. The minimum Gasteiger partial charge on any atom is -0.315 e. The molecule has 1 aromatic heterocycles. The van der Waals surface area contributed by atoms with Gasteiger partial charge in [-0.3, -0.25) is 15.1 Å².